The number of hydrogen-bond donors (Lipinski definition) is 1. The molecule has 2 aromatic rings. The van der Waals surface area contributed by atoms with Crippen LogP contribution in [0.2, 0.25) is 0 Å². The Morgan fingerprint density at radius 2 is 2.11 bits per heavy atom. The average Bonchev–Trinajstić information content (AvgIpc) is 3.03. The average molecular weight is 382 g/mol. The third-order valence-corrected chi connectivity index (χ3v) is 5.90. The summed E-state index contributed by atoms with van der Waals surface area (Å²) in [5.74, 6) is 0.443. The van der Waals surface area contributed by atoms with E-state index in [-0.39, 0.29) is 17.9 Å². The maximum atomic E-state index is 12.2. The minimum absolute atomic E-state index is 0.0190. The molecular formula is C23H27N3O2. The van der Waals surface area contributed by atoms with Crippen LogP contribution in [0.4, 0.5) is 11.4 Å². The molecular weight excluding hydrogens is 350 g/mol. The lowest BCUT2D eigenvalue weighted by atomic mass is 9.89. The van der Waals surface area contributed by atoms with Gasteiger partial charge in [0.15, 0.2) is 0 Å². The number of nitrogens with one attached hydrogen (secondary N) is 1. The van der Waals surface area contributed by atoms with Gasteiger partial charge in [-0.05, 0) is 43.5 Å². The van der Waals surface area contributed by atoms with Crippen molar-refractivity contribution in [1.29, 1.82) is 0 Å². The minimum Gasteiger partial charge on any atom is -0.494 e. The molecule has 1 N–H and O–H groups in total. The number of piperidine rings is 1. The van der Waals surface area contributed by atoms with Crippen molar-refractivity contribution in [2.75, 3.05) is 42.9 Å². The Hall–Kier alpha value is -2.53. The van der Waals surface area contributed by atoms with Crippen molar-refractivity contribution in [3.8, 4) is 5.75 Å². The molecule has 0 aromatic heterocycles. The molecule has 3 aliphatic rings. The number of hydrogen-bond acceptors (Lipinski definition) is 4. The van der Waals surface area contributed by atoms with E-state index in [9.17, 15) is 4.79 Å². The molecule has 1 fully saturated rings. The first-order valence-electron chi connectivity index (χ1n) is 11.8. The van der Waals surface area contributed by atoms with Gasteiger partial charge in [-0.1, -0.05) is 29.8 Å². The lowest BCUT2D eigenvalue weighted by Crippen LogP contribution is -2.49. The van der Waals surface area contributed by atoms with E-state index in [1.165, 1.54) is 0 Å². The second-order valence-electron chi connectivity index (χ2n) is 7.72. The largest absolute Gasteiger partial charge is 0.494 e. The summed E-state index contributed by atoms with van der Waals surface area (Å²) in [5.41, 5.74) is 4.06. The fourth-order valence-electron chi connectivity index (χ4n) is 4.62. The van der Waals surface area contributed by atoms with E-state index < -0.39 is 19.5 Å². The van der Waals surface area contributed by atoms with Gasteiger partial charge >= 0.3 is 0 Å². The van der Waals surface area contributed by atoms with Crippen LogP contribution in [0.3, 0.4) is 0 Å². The number of aryl methyl sites for hydroxylation is 1. The third-order valence-electron chi connectivity index (χ3n) is 5.90. The molecule has 0 aliphatic carbocycles. The molecule has 2 aromatic carbocycles. The normalized spacial score (nSPS) is 26.3. The molecule has 5 heteroatoms. The summed E-state index contributed by atoms with van der Waals surface area (Å²) in [6, 6.07) is 13.1. The topological polar surface area (TPSA) is 44.8 Å². The van der Waals surface area contributed by atoms with Crippen molar-refractivity contribution in [2.45, 2.75) is 31.7 Å². The minimum atomic E-state index is -2.15. The van der Waals surface area contributed by atoms with Crippen molar-refractivity contribution < 1.29 is 15.0 Å². The first-order valence-corrected chi connectivity index (χ1v) is 9.83. The number of fused-ring (bicyclic) bond motifs is 3. The van der Waals surface area contributed by atoms with E-state index in [1.807, 2.05) is 31.2 Å². The maximum absolute atomic E-state index is 12.2. The number of nitrogens with zero attached hydrogens (tertiary/aromatic N) is 2. The fourth-order valence-corrected chi connectivity index (χ4v) is 4.62. The smallest absolute Gasteiger partial charge is 0.243 e. The lowest BCUT2D eigenvalue weighted by Gasteiger charge is -2.39. The molecule has 0 saturated carbocycles. The first kappa shape index (κ1) is 13.6. The molecule has 0 bridgehead atoms. The van der Waals surface area contributed by atoms with E-state index in [1.54, 1.807) is 17.0 Å². The van der Waals surface area contributed by atoms with E-state index in [4.69, 9.17) is 10.2 Å². The van der Waals surface area contributed by atoms with Crippen molar-refractivity contribution in [2.24, 2.45) is 0 Å². The monoisotopic (exact) mass is 381 g/mol. The van der Waals surface area contributed by atoms with Gasteiger partial charge in [-0.3, -0.25) is 4.79 Å². The van der Waals surface area contributed by atoms with Crippen molar-refractivity contribution in [3.63, 3.8) is 0 Å². The highest BCUT2D eigenvalue weighted by Gasteiger charge is 2.44. The Morgan fingerprint density at radius 1 is 1.25 bits per heavy atom. The van der Waals surface area contributed by atoms with E-state index >= 15 is 0 Å². The standard InChI is InChI=1S/C23H27N3O2/c1-16-6-8-17(9-7-16)28-13-3-11-25-12-10-21-19(14-25)18-4-2-5-20-23(18)26(21)15-22(27)24-20/h2,4-9,19,21H,3,10-15H2,1H3,(H,24,27)/t19-,21-/m0/s1/i11D2,13D2. The molecule has 0 spiro atoms. The van der Waals surface area contributed by atoms with Crippen LogP contribution in [-0.4, -0.2) is 49.5 Å². The molecule has 0 radical (unpaired) electrons. The van der Waals surface area contributed by atoms with Gasteiger partial charge in [-0.25, -0.2) is 0 Å². The molecule has 2 atom stereocenters. The SMILES string of the molecule is [2H]C([2H])(CC([2H])([2H])N1CC[C@H]2[C@@H](C1)c1cccc3c1N2CC(=O)N3)Oc1ccc(C)cc1. The zero-order valence-corrected chi connectivity index (χ0v) is 15.9. The van der Waals surface area contributed by atoms with Crippen LogP contribution in [0.5, 0.6) is 5.75 Å². The molecule has 1 saturated heterocycles. The molecule has 146 valence electrons. The zero-order valence-electron chi connectivity index (χ0n) is 19.9. The number of likely N-dealkylation sites (tertiary alicyclic amines) is 1. The summed E-state index contributed by atoms with van der Waals surface area (Å²) in [4.78, 5) is 16.1. The third kappa shape index (κ3) is 3.14. The molecule has 28 heavy (non-hydrogen) atoms. The lowest BCUT2D eigenvalue weighted by molar-refractivity contribution is -0.115. The summed E-state index contributed by atoms with van der Waals surface area (Å²) in [6.45, 7) is -0.792. The van der Waals surface area contributed by atoms with Crippen molar-refractivity contribution >= 4 is 17.3 Å². The van der Waals surface area contributed by atoms with Crippen molar-refractivity contribution in [3.05, 3.63) is 53.6 Å². The molecule has 3 heterocycles. The highest BCUT2D eigenvalue weighted by Crippen LogP contribution is 2.49. The summed E-state index contributed by atoms with van der Waals surface area (Å²) in [5, 5.41) is 2.95. The molecule has 5 rings (SSSR count). The number of amides is 1. The summed E-state index contributed by atoms with van der Waals surface area (Å²) < 4.78 is 39.5. The van der Waals surface area contributed by atoms with Crippen LogP contribution < -0.4 is 15.0 Å². The van der Waals surface area contributed by atoms with E-state index in [2.05, 4.69) is 16.3 Å². The number of carbonyl (C=O) groups is 1. The van der Waals surface area contributed by atoms with Gasteiger partial charge in [0.25, 0.3) is 0 Å². The van der Waals surface area contributed by atoms with Crippen molar-refractivity contribution in [1.82, 2.24) is 4.90 Å². The Labute approximate surface area is 171 Å². The Kier molecular flexibility index (Phi) is 3.47. The second kappa shape index (κ2) is 7.13. The summed E-state index contributed by atoms with van der Waals surface area (Å²) in [7, 11) is 0. The van der Waals surface area contributed by atoms with Crippen LogP contribution in [0, 0.1) is 6.92 Å². The molecule has 3 aliphatic heterocycles. The summed E-state index contributed by atoms with van der Waals surface area (Å²) >= 11 is 0. The number of para-hydroxylation sites is 1. The quantitative estimate of drug-likeness (QED) is 0.862. The van der Waals surface area contributed by atoms with Gasteiger partial charge in [-0.2, -0.15) is 0 Å². The number of rotatable bonds is 5. The van der Waals surface area contributed by atoms with Gasteiger partial charge < -0.3 is 19.9 Å². The summed E-state index contributed by atoms with van der Waals surface area (Å²) in [6.07, 6.45) is 0.315. The Balaban J connectivity index is 1.33. The zero-order chi connectivity index (χ0) is 22.7. The van der Waals surface area contributed by atoms with Gasteiger partial charge in [0.05, 0.1) is 27.2 Å². The maximum Gasteiger partial charge on any atom is 0.243 e. The predicted molar refractivity (Wildman–Crippen MR) is 111 cm³/mol. The van der Waals surface area contributed by atoms with Gasteiger partial charge in [0.2, 0.25) is 5.91 Å². The van der Waals surface area contributed by atoms with Gasteiger partial charge in [-0.15, -0.1) is 0 Å². The fraction of sp³-hybridized carbons (Fsp3) is 0.435. The highest BCUT2D eigenvalue weighted by molar-refractivity contribution is 6.03. The Bertz CT molecular complexity index is 1040. The molecule has 0 unspecified atom stereocenters. The van der Waals surface area contributed by atoms with Crippen LogP contribution in [0.15, 0.2) is 42.5 Å². The number of anilines is 2. The predicted octanol–water partition coefficient (Wildman–Crippen LogP) is 3.39. The van der Waals surface area contributed by atoms with Crippen LogP contribution >= 0.6 is 0 Å². The molecule has 5 nitrogen and oxygen atoms in total. The van der Waals surface area contributed by atoms with Crippen LogP contribution in [0.25, 0.3) is 0 Å². The first-order chi connectivity index (χ1) is 15.1. The van der Waals surface area contributed by atoms with E-state index in [0.717, 1.165) is 22.5 Å². The molecule has 1 amide bonds. The number of benzene rings is 2. The second-order valence-corrected chi connectivity index (χ2v) is 7.72. The highest BCUT2D eigenvalue weighted by atomic mass is 16.5. The van der Waals surface area contributed by atoms with E-state index in [0.29, 0.717) is 31.8 Å². The van der Waals surface area contributed by atoms with Gasteiger partial charge in [0, 0.05) is 34.3 Å². The van der Waals surface area contributed by atoms with Crippen LogP contribution in [0.1, 0.15) is 35.4 Å². The number of carbonyl (C=O) groups excluding carboxylic acids is 1. The Morgan fingerprint density at radius 3 is 2.96 bits per heavy atom. The van der Waals surface area contributed by atoms with Gasteiger partial charge in [0.1, 0.15) is 5.75 Å². The van der Waals surface area contributed by atoms with Crippen LogP contribution in [-0.2, 0) is 4.79 Å². The number of ether oxygens (including phenoxy) is 1.